The molecule has 0 aliphatic rings. The third-order valence-electron chi connectivity index (χ3n) is 3.33. The van der Waals surface area contributed by atoms with Crippen LogP contribution in [0.3, 0.4) is 0 Å². The van der Waals surface area contributed by atoms with E-state index in [-0.39, 0.29) is 5.82 Å². The highest BCUT2D eigenvalue weighted by atomic mass is 19.1. The third kappa shape index (κ3) is 7.28. The molecule has 0 aromatic heterocycles. The van der Waals surface area contributed by atoms with Crippen LogP contribution in [0, 0.1) is 11.7 Å². The molecule has 2 nitrogen and oxygen atoms in total. The Morgan fingerprint density at radius 1 is 1.21 bits per heavy atom. The summed E-state index contributed by atoms with van der Waals surface area (Å²) >= 11 is 0. The third-order valence-corrected chi connectivity index (χ3v) is 3.33. The molecular formula is C16H26FNO. The van der Waals surface area contributed by atoms with Gasteiger partial charge in [0.1, 0.15) is 5.82 Å². The number of rotatable bonds is 10. The molecule has 0 fully saturated rings. The van der Waals surface area contributed by atoms with Crippen LogP contribution in [0.15, 0.2) is 24.3 Å². The Kier molecular flexibility index (Phi) is 8.43. The van der Waals surface area contributed by atoms with Crippen LogP contribution in [-0.2, 0) is 11.2 Å². The summed E-state index contributed by atoms with van der Waals surface area (Å²) < 4.78 is 18.0. The molecule has 0 aliphatic carbocycles. The number of halogens is 1. The fourth-order valence-electron chi connectivity index (χ4n) is 2.26. The van der Waals surface area contributed by atoms with Crippen molar-refractivity contribution >= 4 is 0 Å². The molecule has 0 bridgehead atoms. The first-order valence-corrected chi connectivity index (χ1v) is 7.20. The summed E-state index contributed by atoms with van der Waals surface area (Å²) in [6.07, 6.45) is 4.50. The standard InChI is InChI=1S/C16H26FNO/c1-3-18-13-15(6-4-5-11-19-2)12-14-7-9-16(17)10-8-14/h7-10,15,18H,3-6,11-13H2,1-2H3. The van der Waals surface area contributed by atoms with Crippen LogP contribution >= 0.6 is 0 Å². The zero-order chi connectivity index (χ0) is 13.9. The van der Waals surface area contributed by atoms with Crippen molar-refractivity contribution in [3.05, 3.63) is 35.6 Å². The summed E-state index contributed by atoms with van der Waals surface area (Å²) in [6.45, 7) is 4.99. The molecule has 0 heterocycles. The van der Waals surface area contributed by atoms with Gasteiger partial charge in [-0.2, -0.15) is 0 Å². The highest BCUT2D eigenvalue weighted by molar-refractivity contribution is 5.16. The number of nitrogens with one attached hydrogen (secondary N) is 1. The Balaban J connectivity index is 2.41. The van der Waals surface area contributed by atoms with Crippen molar-refractivity contribution in [2.75, 3.05) is 26.8 Å². The summed E-state index contributed by atoms with van der Waals surface area (Å²) in [5, 5.41) is 3.42. The number of unbranched alkanes of at least 4 members (excludes halogenated alkanes) is 1. The molecule has 0 saturated heterocycles. The van der Waals surface area contributed by atoms with Crippen LogP contribution in [-0.4, -0.2) is 26.8 Å². The molecule has 1 aromatic carbocycles. The van der Waals surface area contributed by atoms with Crippen LogP contribution in [0.5, 0.6) is 0 Å². The zero-order valence-electron chi connectivity index (χ0n) is 12.1. The van der Waals surface area contributed by atoms with Crippen LogP contribution in [0.1, 0.15) is 31.7 Å². The van der Waals surface area contributed by atoms with E-state index in [0.717, 1.165) is 32.5 Å². The second-order valence-electron chi connectivity index (χ2n) is 4.99. The van der Waals surface area contributed by atoms with Gasteiger partial charge in [0.25, 0.3) is 0 Å². The lowest BCUT2D eigenvalue weighted by atomic mass is 9.94. The predicted molar refractivity (Wildman–Crippen MR) is 77.9 cm³/mol. The summed E-state index contributed by atoms with van der Waals surface area (Å²) in [5.41, 5.74) is 1.22. The number of hydrogen-bond acceptors (Lipinski definition) is 2. The van der Waals surface area contributed by atoms with Crippen molar-refractivity contribution in [1.29, 1.82) is 0 Å². The molecule has 0 aliphatic heterocycles. The summed E-state index contributed by atoms with van der Waals surface area (Å²) in [7, 11) is 1.74. The fourth-order valence-corrected chi connectivity index (χ4v) is 2.26. The van der Waals surface area contributed by atoms with E-state index in [1.165, 1.54) is 18.4 Å². The van der Waals surface area contributed by atoms with Gasteiger partial charge in [0.2, 0.25) is 0 Å². The molecule has 0 saturated carbocycles. The van der Waals surface area contributed by atoms with Crippen LogP contribution in [0.4, 0.5) is 4.39 Å². The van der Waals surface area contributed by atoms with E-state index in [2.05, 4.69) is 12.2 Å². The lowest BCUT2D eigenvalue weighted by molar-refractivity contribution is 0.190. The molecule has 108 valence electrons. The minimum Gasteiger partial charge on any atom is -0.385 e. The SMILES string of the molecule is CCNCC(CCCCOC)Cc1ccc(F)cc1. The van der Waals surface area contributed by atoms with Crippen LogP contribution in [0.2, 0.25) is 0 Å². The topological polar surface area (TPSA) is 21.3 Å². The quantitative estimate of drug-likeness (QED) is 0.656. The van der Waals surface area contributed by atoms with Gasteiger partial charge in [-0.3, -0.25) is 0 Å². The van der Waals surface area contributed by atoms with E-state index >= 15 is 0 Å². The average Bonchev–Trinajstić information content (AvgIpc) is 2.43. The van der Waals surface area contributed by atoms with E-state index in [9.17, 15) is 4.39 Å². The second-order valence-corrected chi connectivity index (χ2v) is 4.99. The van der Waals surface area contributed by atoms with Crippen molar-refractivity contribution in [1.82, 2.24) is 5.32 Å². The minimum absolute atomic E-state index is 0.160. The molecule has 19 heavy (non-hydrogen) atoms. The van der Waals surface area contributed by atoms with E-state index in [1.54, 1.807) is 19.2 Å². The van der Waals surface area contributed by atoms with E-state index < -0.39 is 0 Å². The predicted octanol–water partition coefficient (Wildman–Crippen LogP) is 3.41. The summed E-state index contributed by atoms with van der Waals surface area (Å²) in [5.74, 6) is 0.453. The fraction of sp³-hybridized carbons (Fsp3) is 0.625. The van der Waals surface area contributed by atoms with Gasteiger partial charge < -0.3 is 10.1 Å². The van der Waals surface area contributed by atoms with Crippen LogP contribution < -0.4 is 5.32 Å². The maximum absolute atomic E-state index is 12.9. The average molecular weight is 267 g/mol. The maximum Gasteiger partial charge on any atom is 0.123 e. The van der Waals surface area contributed by atoms with Crippen molar-refractivity contribution in [2.45, 2.75) is 32.6 Å². The van der Waals surface area contributed by atoms with Gasteiger partial charge in [-0.05, 0) is 56.0 Å². The number of benzene rings is 1. The largest absolute Gasteiger partial charge is 0.385 e. The molecule has 1 rings (SSSR count). The van der Waals surface area contributed by atoms with Gasteiger partial charge in [-0.25, -0.2) is 4.39 Å². The summed E-state index contributed by atoms with van der Waals surface area (Å²) in [6, 6.07) is 6.88. The van der Waals surface area contributed by atoms with E-state index in [0.29, 0.717) is 5.92 Å². The zero-order valence-corrected chi connectivity index (χ0v) is 12.1. The smallest absolute Gasteiger partial charge is 0.123 e. The Labute approximate surface area is 116 Å². The van der Waals surface area contributed by atoms with E-state index in [1.807, 2.05) is 12.1 Å². The highest BCUT2D eigenvalue weighted by Gasteiger charge is 2.09. The highest BCUT2D eigenvalue weighted by Crippen LogP contribution is 2.15. The molecule has 1 aromatic rings. The van der Waals surface area contributed by atoms with Gasteiger partial charge in [0.15, 0.2) is 0 Å². The van der Waals surface area contributed by atoms with Crippen molar-refractivity contribution in [2.24, 2.45) is 5.92 Å². The molecular weight excluding hydrogens is 241 g/mol. The summed E-state index contributed by atoms with van der Waals surface area (Å²) in [4.78, 5) is 0. The Morgan fingerprint density at radius 2 is 1.95 bits per heavy atom. The van der Waals surface area contributed by atoms with Gasteiger partial charge in [0, 0.05) is 13.7 Å². The Bertz CT molecular complexity index is 326. The second kappa shape index (κ2) is 9.93. The number of ether oxygens (including phenoxy) is 1. The van der Waals surface area contributed by atoms with Crippen LogP contribution in [0.25, 0.3) is 0 Å². The first-order valence-electron chi connectivity index (χ1n) is 7.20. The van der Waals surface area contributed by atoms with Gasteiger partial charge >= 0.3 is 0 Å². The molecule has 1 atom stereocenters. The normalized spacial score (nSPS) is 12.6. The Morgan fingerprint density at radius 3 is 2.58 bits per heavy atom. The van der Waals surface area contributed by atoms with Gasteiger partial charge in [-0.15, -0.1) is 0 Å². The number of hydrogen-bond donors (Lipinski definition) is 1. The molecule has 0 spiro atoms. The monoisotopic (exact) mass is 267 g/mol. The molecule has 3 heteroatoms. The first-order chi connectivity index (χ1) is 9.26. The van der Waals surface area contributed by atoms with Crippen molar-refractivity contribution in [3.8, 4) is 0 Å². The number of methoxy groups -OCH3 is 1. The lowest BCUT2D eigenvalue weighted by Crippen LogP contribution is -2.24. The maximum atomic E-state index is 12.9. The van der Waals surface area contributed by atoms with Crippen molar-refractivity contribution < 1.29 is 9.13 Å². The van der Waals surface area contributed by atoms with E-state index in [4.69, 9.17) is 4.74 Å². The van der Waals surface area contributed by atoms with Gasteiger partial charge in [0.05, 0.1) is 0 Å². The molecule has 0 radical (unpaired) electrons. The van der Waals surface area contributed by atoms with Crippen molar-refractivity contribution in [3.63, 3.8) is 0 Å². The molecule has 1 N–H and O–H groups in total. The Hall–Kier alpha value is -0.930. The first kappa shape index (κ1) is 16.1. The minimum atomic E-state index is -0.160. The lowest BCUT2D eigenvalue weighted by Gasteiger charge is -2.17. The molecule has 1 unspecified atom stereocenters. The van der Waals surface area contributed by atoms with Gasteiger partial charge in [-0.1, -0.05) is 25.5 Å². The molecule has 0 amide bonds.